The van der Waals surface area contributed by atoms with Gasteiger partial charge in [0, 0.05) is 4.88 Å². The number of aliphatic hydroxyl groups is 1. The summed E-state index contributed by atoms with van der Waals surface area (Å²) in [6.07, 6.45) is 0.449. The summed E-state index contributed by atoms with van der Waals surface area (Å²) >= 11 is 7.26. The molecule has 1 aromatic heterocycles. The van der Waals surface area contributed by atoms with Crippen LogP contribution in [0, 0.1) is 0 Å². The maximum absolute atomic E-state index is 10.1. The van der Waals surface area contributed by atoms with E-state index in [0.29, 0.717) is 4.34 Å². The Bertz CT molecular complexity index is 461. The van der Waals surface area contributed by atoms with Crippen LogP contribution in [0.2, 0.25) is 4.34 Å². The third-order valence-corrected chi connectivity index (χ3v) is 3.85. The van der Waals surface area contributed by atoms with Gasteiger partial charge >= 0.3 is 0 Å². The first-order valence-electron chi connectivity index (χ1n) is 5.23. The van der Waals surface area contributed by atoms with Crippen LogP contribution in [-0.2, 0) is 6.42 Å². The average molecular weight is 253 g/mol. The fraction of sp³-hybridized carbons (Fsp3) is 0.231. The Labute approximate surface area is 104 Å². The van der Waals surface area contributed by atoms with Gasteiger partial charge in [0.05, 0.1) is 4.34 Å². The molecule has 0 radical (unpaired) electrons. The molecule has 0 saturated carbocycles. The Morgan fingerprint density at radius 3 is 2.38 bits per heavy atom. The van der Waals surface area contributed by atoms with Crippen molar-refractivity contribution in [3.8, 4) is 0 Å². The van der Waals surface area contributed by atoms with Gasteiger partial charge in [-0.15, -0.1) is 11.3 Å². The summed E-state index contributed by atoms with van der Waals surface area (Å²) in [6, 6.07) is 11.7. The molecule has 2 rings (SSSR count). The van der Waals surface area contributed by atoms with E-state index in [2.05, 4.69) is 6.92 Å². The predicted molar refractivity (Wildman–Crippen MR) is 69.2 cm³/mol. The summed E-state index contributed by atoms with van der Waals surface area (Å²) in [7, 11) is 0. The maximum atomic E-state index is 10.1. The minimum Gasteiger partial charge on any atom is -0.383 e. The van der Waals surface area contributed by atoms with Gasteiger partial charge in [-0.05, 0) is 29.7 Å². The number of benzene rings is 1. The fourth-order valence-electron chi connectivity index (χ4n) is 1.58. The number of rotatable bonds is 3. The monoisotopic (exact) mass is 252 g/mol. The third-order valence-electron chi connectivity index (χ3n) is 2.57. The summed E-state index contributed by atoms with van der Waals surface area (Å²) < 4.78 is 0.708. The second-order valence-electron chi connectivity index (χ2n) is 3.64. The van der Waals surface area contributed by atoms with Crippen molar-refractivity contribution in [1.82, 2.24) is 0 Å². The zero-order chi connectivity index (χ0) is 11.5. The van der Waals surface area contributed by atoms with Gasteiger partial charge in [-0.25, -0.2) is 0 Å². The Hall–Kier alpha value is -0.830. The normalized spacial score (nSPS) is 12.7. The molecular formula is C13H13ClOS. The van der Waals surface area contributed by atoms with Gasteiger partial charge in [0.25, 0.3) is 0 Å². The van der Waals surface area contributed by atoms with Gasteiger partial charge in [-0.2, -0.15) is 0 Å². The second kappa shape index (κ2) is 5.00. The van der Waals surface area contributed by atoms with E-state index < -0.39 is 6.10 Å². The molecule has 1 nitrogen and oxygen atoms in total. The molecule has 1 aromatic carbocycles. The number of aliphatic hydroxyl groups excluding tert-OH is 1. The summed E-state index contributed by atoms with van der Waals surface area (Å²) in [5.74, 6) is 0. The van der Waals surface area contributed by atoms with Crippen molar-refractivity contribution >= 4 is 22.9 Å². The molecule has 0 bridgehead atoms. The minimum atomic E-state index is -0.566. The molecule has 0 aliphatic rings. The van der Waals surface area contributed by atoms with E-state index in [1.165, 1.54) is 16.9 Å². The summed E-state index contributed by atoms with van der Waals surface area (Å²) in [5.41, 5.74) is 2.19. The highest BCUT2D eigenvalue weighted by Crippen LogP contribution is 2.30. The van der Waals surface area contributed by atoms with Crippen molar-refractivity contribution in [3.63, 3.8) is 0 Å². The van der Waals surface area contributed by atoms with Crippen LogP contribution in [0.15, 0.2) is 36.4 Å². The second-order valence-corrected chi connectivity index (χ2v) is 5.39. The Balaban J connectivity index is 2.23. The van der Waals surface area contributed by atoms with Crippen LogP contribution in [0.5, 0.6) is 0 Å². The summed E-state index contributed by atoms with van der Waals surface area (Å²) in [4.78, 5) is 0.884. The first kappa shape index (κ1) is 11.6. The standard InChI is InChI=1S/C13H13ClOS/c1-2-9-3-5-10(6-4-9)13(15)11-7-8-12(14)16-11/h3-8,13,15H,2H2,1H3. The van der Waals surface area contributed by atoms with Gasteiger partial charge in [0.15, 0.2) is 0 Å². The van der Waals surface area contributed by atoms with E-state index in [1.54, 1.807) is 0 Å². The van der Waals surface area contributed by atoms with Crippen molar-refractivity contribution in [2.24, 2.45) is 0 Å². The molecule has 1 N–H and O–H groups in total. The molecule has 0 aliphatic heterocycles. The molecule has 84 valence electrons. The van der Waals surface area contributed by atoms with E-state index in [-0.39, 0.29) is 0 Å². The smallest absolute Gasteiger partial charge is 0.113 e. The first-order chi connectivity index (χ1) is 7.70. The maximum Gasteiger partial charge on any atom is 0.113 e. The van der Waals surface area contributed by atoms with Crippen molar-refractivity contribution in [1.29, 1.82) is 0 Å². The molecule has 1 atom stereocenters. The SMILES string of the molecule is CCc1ccc(C(O)c2ccc(Cl)s2)cc1. The van der Waals surface area contributed by atoms with Crippen LogP contribution in [0.1, 0.15) is 29.0 Å². The van der Waals surface area contributed by atoms with E-state index >= 15 is 0 Å². The zero-order valence-corrected chi connectivity index (χ0v) is 10.6. The number of hydrogen-bond acceptors (Lipinski definition) is 2. The van der Waals surface area contributed by atoms with Gasteiger partial charge in [0.1, 0.15) is 6.10 Å². The van der Waals surface area contributed by atoms with Crippen LogP contribution >= 0.6 is 22.9 Å². The minimum absolute atomic E-state index is 0.566. The van der Waals surface area contributed by atoms with Crippen LogP contribution in [0.3, 0.4) is 0 Å². The molecule has 3 heteroatoms. The van der Waals surface area contributed by atoms with Gasteiger partial charge in [-0.1, -0.05) is 42.8 Å². The van der Waals surface area contributed by atoms with E-state index in [4.69, 9.17) is 11.6 Å². The number of halogens is 1. The number of aryl methyl sites for hydroxylation is 1. The molecule has 1 unspecified atom stereocenters. The molecule has 0 fully saturated rings. The molecule has 2 aromatic rings. The predicted octanol–water partition coefficient (Wildman–Crippen LogP) is 4.05. The number of thiophene rings is 1. The molecule has 16 heavy (non-hydrogen) atoms. The zero-order valence-electron chi connectivity index (χ0n) is 8.98. The van der Waals surface area contributed by atoms with Gasteiger partial charge in [0.2, 0.25) is 0 Å². The third kappa shape index (κ3) is 2.46. The summed E-state index contributed by atoms with van der Waals surface area (Å²) in [5, 5.41) is 10.1. The lowest BCUT2D eigenvalue weighted by Gasteiger charge is -2.09. The highest BCUT2D eigenvalue weighted by atomic mass is 35.5. The highest BCUT2D eigenvalue weighted by molar-refractivity contribution is 7.16. The molecular weight excluding hydrogens is 240 g/mol. The van der Waals surface area contributed by atoms with E-state index in [0.717, 1.165) is 16.9 Å². The highest BCUT2D eigenvalue weighted by Gasteiger charge is 2.12. The van der Waals surface area contributed by atoms with Crippen LogP contribution < -0.4 is 0 Å². The van der Waals surface area contributed by atoms with Gasteiger partial charge in [-0.3, -0.25) is 0 Å². The Morgan fingerprint density at radius 2 is 1.88 bits per heavy atom. The molecule has 0 saturated heterocycles. The lowest BCUT2D eigenvalue weighted by Crippen LogP contribution is -1.96. The molecule has 0 spiro atoms. The lowest BCUT2D eigenvalue weighted by molar-refractivity contribution is 0.224. The Morgan fingerprint density at radius 1 is 1.19 bits per heavy atom. The molecule has 0 amide bonds. The fourth-order valence-corrected chi connectivity index (χ4v) is 2.65. The van der Waals surface area contributed by atoms with Crippen molar-refractivity contribution in [2.45, 2.75) is 19.4 Å². The van der Waals surface area contributed by atoms with E-state index in [9.17, 15) is 5.11 Å². The van der Waals surface area contributed by atoms with Gasteiger partial charge < -0.3 is 5.11 Å². The van der Waals surface area contributed by atoms with E-state index in [1.807, 2.05) is 36.4 Å². The van der Waals surface area contributed by atoms with Crippen LogP contribution in [-0.4, -0.2) is 5.11 Å². The van der Waals surface area contributed by atoms with Crippen LogP contribution in [0.4, 0.5) is 0 Å². The lowest BCUT2D eigenvalue weighted by atomic mass is 10.0. The first-order valence-corrected chi connectivity index (χ1v) is 6.42. The van der Waals surface area contributed by atoms with Crippen molar-refractivity contribution in [3.05, 3.63) is 56.7 Å². The van der Waals surface area contributed by atoms with Crippen molar-refractivity contribution in [2.75, 3.05) is 0 Å². The van der Waals surface area contributed by atoms with Crippen LogP contribution in [0.25, 0.3) is 0 Å². The number of hydrogen-bond donors (Lipinski definition) is 1. The summed E-state index contributed by atoms with van der Waals surface area (Å²) in [6.45, 7) is 2.12. The average Bonchev–Trinajstić information content (AvgIpc) is 2.75. The molecule has 1 heterocycles. The van der Waals surface area contributed by atoms with Crippen molar-refractivity contribution < 1.29 is 5.11 Å². The quantitative estimate of drug-likeness (QED) is 0.874. The molecule has 0 aliphatic carbocycles. The topological polar surface area (TPSA) is 20.2 Å². The largest absolute Gasteiger partial charge is 0.383 e. The Kier molecular flexibility index (Phi) is 3.64.